The quantitative estimate of drug-likeness (QED) is 0.372. The van der Waals surface area contributed by atoms with Crippen LogP contribution in [0.3, 0.4) is 0 Å². The molecular formula is C4H8. The van der Waals surface area contributed by atoms with E-state index in [1.54, 1.807) is 0 Å². The Morgan fingerprint density at radius 3 is 3.00 bits per heavy atom. The first-order valence-corrected chi connectivity index (χ1v) is 1.12. The Hall–Kier alpha value is -0.260. The van der Waals surface area contributed by atoms with Crippen LogP contribution in [0, 0.1) is 0 Å². The lowest BCUT2D eigenvalue weighted by atomic mass is 10.6. The van der Waals surface area contributed by atoms with Crippen molar-refractivity contribution >= 4 is 0 Å². The van der Waals surface area contributed by atoms with E-state index in [0.29, 0.717) is 0 Å². The van der Waals surface area contributed by atoms with Crippen molar-refractivity contribution in [2.45, 2.75) is 13.8 Å². The Morgan fingerprint density at radius 2 is 3.00 bits per heavy atom. The van der Waals surface area contributed by atoms with E-state index in [1.165, 1.54) is 13.0 Å². The molecular weight excluding hydrogens is 48.0 g/mol. The predicted molar refractivity (Wildman–Crippen MR) is 20.5 cm³/mol. The van der Waals surface area contributed by atoms with Gasteiger partial charge in [0.15, 0.2) is 0 Å². The van der Waals surface area contributed by atoms with E-state index in [4.69, 9.17) is 5.48 Å². The second-order valence-electron chi connectivity index (χ2n) is 0.433. The number of hydrogen-bond donors (Lipinski definition) is 0. The van der Waals surface area contributed by atoms with Crippen molar-refractivity contribution in [1.29, 1.82) is 0 Å². The van der Waals surface area contributed by atoms with Gasteiger partial charge in [-0.2, -0.15) is 0 Å². The fraction of sp³-hybridized carbons (Fsp3) is 0.500. The summed E-state index contributed by atoms with van der Waals surface area (Å²) in [6.45, 7) is -0.677. The van der Waals surface area contributed by atoms with Gasteiger partial charge in [-0.15, -0.1) is 0 Å². The fourth-order valence-electron chi connectivity index (χ4n) is 0. The van der Waals surface area contributed by atoms with Crippen molar-refractivity contribution in [3.63, 3.8) is 0 Å². The minimum absolute atomic E-state index is 0.294. The van der Waals surface area contributed by atoms with Crippen molar-refractivity contribution < 1.29 is 5.48 Å². The molecule has 0 spiro atoms. The van der Waals surface area contributed by atoms with E-state index < -0.39 is 6.85 Å². The highest BCUT2D eigenvalue weighted by molar-refractivity contribution is 4.68. The van der Waals surface area contributed by atoms with Gasteiger partial charge in [-0.05, 0) is 13.8 Å². The summed E-state index contributed by atoms with van der Waals surface area (Å²) < 4.78 is 26.6. The molecule has 0 rings (SSSR count). The van der Waals surface area contributed by atoms with Crippen LogP contribution >= 0.6 is 0 Å². The number of hydrogen-bond acceptors (Lipinski definition) is 0. The molecule has 0 unspecified atom stereocenters. The Bertz CT molecular complexity index is 99.1. The molecule has 0 saturated heterocycles. The molecule has 0 nitrogen and oxygen atoms in total. The minimum Gasteiger partial charge on any atom is -0.0919 e. The van der Waals surface area contributed by atoms with Crippen molar-refractivity contribution in [1.82, 2.24) is 0 Å². The van der Waals surface area contributed by atoms with E-state index in [1.807, 2.05) is 0 Å². The van der Waals surface area contributed by atoms with E-state index in [9.17, 15) is 0 Å². The Labute approximate surface area is 32.8 Å². The molecule has 0 heteroatoms. The van der Waals surface area contributed by atoms with Gasteiger partial charge in [0.1, 0.15) is 0 Å². The van der Waals surface area contributed by atoms with Gasteiger partial charge < -0.3 is 0 Å². The third-order valence-corrected chi connectivity index (χ3v) is 0.144. The minimum atomic E-state index is -2.21. The molecule has 0 aliphatic rings. The molecule has 0 saturated carbocycles. The maximum atomic E-state index is 6.77. The van der Waals surface area contributed by atoms with Gasteiger partial charge in [-0.3, -0.25) is 0 Å². The maximum Gasteiger partial charge on any atom is 0.0569 e. The average Bonchev–Trinajstić information content (AvgIpc) is 1.62. The van der Waals surface area contributed by atoms with Crippen LogP contribution in [-0.2, 0) is 0 Å². The summed E-state index contributed by atoms with van der Waals surface area (Å²) in [7, 11) is 0. The van der Waals surface area contributed by atoms with Crippen LogP contribution in [0.5, 0.6) is 0 Å². The van der Waals surface area contributed by atoms with E-state index in [-0.39, 0.29) is 6.05 Å². The summed E-state index contributed by atoms with van der Waals surface area (Å²) in [6, 6.07) is -0.294. The molecule has 0 heterocycles. The Balaban J connectivity index is 4.03. The lowest BCUT2D eigenvalue weighted by Crippen LogP contribution is -1.26. The largest absolute Gasteiger partial charge is 0.0919 e. The van der Waals surface area contributed by atoms with Gasteiger partial charge >= 0.3 is 0 Å². The Kier molecular flexibility index (Phi) is 0.423. The van der Waals surface area contributed by atoms with E-state index in [2.05, 4.69) is 0 Å². The second kappa shape index (κ2) is 2.74. The van der Waals surface area contributed by atoms with Crippen LogP contribution in [0.2, 0.25) is 0 Å². The van der Waals surface area contributed by atoms with Gasteiger partial charge in [-0.25, -0.2) is 0 Å². The summed E-state index contributed by atoms with van der Waals surface area (Å²) in [5.74, 6) is 0. The van der Waals surface area contributed by atoms with E-state index in [0.717, 1.165) is 0 Å². The maximum absolute atomic E-state index is 6.77. The molecule has 0 aromatic rings. The summed E-state index contributed by atoms with van der Waals surface area (Å²) >= 11 is 0. The van der Waals surface area contributed by atoms with Crippen LogP contribution in [0.1, 0.15) is 19.3 Å². The monoisotopic (exact) mass is 60.1 g/mol. The number of rotatable bonds is 0. The van der Waals surface area contributed by atoms with Crippen LogP contribution in [0.25, 0.3) is 0 Å². The zero-order valence-electron chi connectivity index (χ0n) is 6.58. The smallest absolute Gasteiger partial charge is 0.0569 e. The highest BCUT2D eigenvalue weighted by Crippen LogP contribution is 1.57. The average molecular weight is 60.1 g/mol. The lowest BCUT2D eigenvalue weighted by Gasteiger charge is -1.49. The Morgan fingerprint density at radius 1 is 2.25 bits per heavy atom. The first-order valence-electron chi connectivity index (χ1n) is 3.12. The van der Waals surface area contributed by atoms with Gasteiger partial charge in [0, 0.05) is 4.11 Å². The summed E-state index contributed by atoms with van der Waals surface area (Å²) in [6.07, 6.45) is 1.27. The molecule has 0 aromatic heterocycles. The molecule has 4 heavy (non-hydrogen) atoms. The molecule has 0 bridgehead atoms. The fourth-order valence-corrected chi connectivity index (χ4v) is 0. The molecule has 0 amide bonds. The van der Waals surface area contributed by atoms with E-state index >= 15 is 0 Å². The van der Waals surface area contributed by atoms with Crippen LogP contribution in [0.4, 0.5) is 0 Å². The van der Waals surface area contributed by atoms with Gasteiger partial charge in [0.05, 0.1) is 1.37 Å². The lowest BCUT2D eigenvalue weighted by molar-refractivity contribution is 1.64. The zero-order chi connectivity index (χ0) is 6.78. The molecule has 0 aliphatic carbocycles. The van der Waals surface area contributed by atoms with Crippen LogP contribution < -0.4 is 0 Å². The SMILES string of the molecule is [2H]/C(=C\C)C([2H])([2H])[2H]. The highest BCUT2D eigenvalue weighted by atomic mass is 13.4. The first kappa shape index (κ1) is 0.618. The van der Waals surface area contributed by atoms with Crippen molar-refractivity contribution in [2.24, 2.45) is 0 Å². The normalized spacial score (nSPS) is 29.8. The van der Waals surface area contributed by atoms with Crippen molar-refractivity contribution in [3.8, 4) is 0 Å². The first-order chi connectivity index (χ1) is 3.48. The second-order valence-corrected chi connectivity index (χ2v) is 0.433. The van der Waals surface area contributed by atoms with Crippen molar-refractivity contribution in [2.75, 3.05) is 0 Å². The topological polar surface area (TPSA) is 0 Å². The third kappa shape index (κ3) is 1.74. The molecule has 0 N–H and O–H groups in total. The molecule has 0 aliphatic heterocycles. The summed E-state index contributed by atoms with van der Waals surface area (Å²) in [5, 5.41) is 0. The van der Waals surface area contributed by atoms with Crippen LogP contribution in [-0.4, -0.2) is 0 Å². The third-order valence-electron chi connectivity index (χ3n) is 0.144. The zero-order valence-corrected chi connectivity index (χ0v) is 2.58. The number of allylic oxidation sites excluding steroid dienone is 2. The molecule has 0 aromatic carbocycles. The highest BCUT2D eigenvalue weighted by Gasteiger charge is 1.34. The molecule has 0 radical (unpaired) electrons. The van der Waals surface area contributed by atoms with Crippen LogP contribution in [0.15, 0.2) is 12.1 Å². The van der Waals surface area contributed by atoms with Gasteiger partial charge in [-0.1, -0.05) is 12.1 Å². The molecule has 0 atom stereocenters. The molecule has 0 fully saturated rings. The van der Waals surface area contributed by atoms with Crippen molar-refractivity contribution in [3.05, 3.63) is 12.1 Å². The summed E-state index contributed by atoms with van der Waals surface area (Å²) in [5.41, 5.74) is 0. The predicted octanol–water partition coefficient (Wildman–Crippen LogP) is 1.58. The van der Waals surface area contributed by atoms with Gasteiger partial charge in [0.2, 0.25) is 0 Å². The standard InChI is InChI=1S/C4H8/c1-3-4-2/h3-4H,1-2H3/b4-3+/i1D3,3D. The molecule has 24 valence electrons. The van der Waals surface area contributed by atoms with Gasteiger partial charge in [0.25, 0.3) is 0 Å². The summed E-state index contributed by atoms with van der Waals surface area (Å²) in [4.78, 5) is 0.